The van der Waals surface area contributed by atoms with E-state index in [4.69, 9.17) is 16.0 Å². The zero-order valence-electron chi connectivity index (χ0n) is 15.0. The molecule has 142 valence electrons. The highest BCUT2D eigenvalue weighted by Crippen LogP contribution is 2.34. The van der Waals surface area contributed by atoms with E-state index in [-0.39, 0.29) is 17.7 Å². The molecular formula is C22H13ClN2O3S. The quantitative estimate of drug-likeness (QED) is 0.505. The molecule has 0 saturated carbocycles. The second-order valence-electron chi connectivity index (χ2n) is 6.25. The minimum Gasteiger partial charge on any atom is -0.457 e. The smallest absolute Gasteiger partial charge is 0.293 e. The second-order valence-corrected chi connectivity index (χ2v) is 7.68. The van der Waals surface area contributed by atoms with Crippen molar-refractivity contribution >= 4 is 40.6 Å². The first-order valence-electron chi connectivity index (χ1n) is 8.64. The molecule has 1 aliphatic rings. The normalized spacial score (nSPS) is 15.2. The third-order valence-electron chi connectivity index (χ3n) is 4.34. The van der Waals surface area contributed by atoms with Gasteiger partial charge in [0, 0.05) is 16.7 Å². The summed E-state index contributed by atoms with van der Waals surface area (Å²) in [5.74, 6) is 0.587. The summed E-state index contributed by atoms with van der Waals surface area (Å²) < 4.78 is 5.79. The Hall–Kier alpha value is -3.27. The van der Waals surface area contributed by atoms with E-state index in [2.05, 4.69) is 6.07 Å². The number of halogens is 1. The Kier molecular flexibility index (Phi) is 5.26. The molecule has 1 aliphatic heterocycles. The van der Waals surface area contributed by atoms with E-state index in [9.17, 15) is 14.9 Å². The van der Waals surface area contributed by atoms with Crippen molar-refractivity contribution < 1.29 is 14.0 Å². The molecule has 0 spiro atoms. The van der Waals surface area contributed by atoms with Crippen LogP contribution in [0.15, 0.2) is 70.0 Å². The second kappa shape index (κ2) is 8.00. The van der Waals surface area contributed by atoms with Crippen LogP contribution in [0.4, 0.5) is 4.79 Å². The van der Waals surface area contributed by atoms with Gasteiger partial charge in [-0.3, -0.25) is 14.5 Å². The topological polar surface area (TPSA) is 74.3 Å². The van der Waals surface area contributed by atoms with Crippen LogP contribution >= 0.6 is 23.4 Å². The summed E-state index contributed by atoms with van der Waals surface area (Å²) in [7, 11) is 0. The summed E-state index contributed by atoms with van der Waals surface area (Å²) in [6.07, 6.45) is 1.55. The number of rotatable bonds is 4. The van der Waals surface area contributed by atoms with Gasteiger partial charge in [0.2, 0.25) is 0 Å². The molecule has 2 amide bonds. The molecule has 0 bridgehead atoms. The Morgan fingerprint density at radius 3 is 2.59 bits per heavy atom. The van der Waals surface area contributed by atoms with Crippen molar-refractivity contribution in [3.63, 3.8) is 0 Å². The molecule has 0 aliphatic carbocycles. The lowest BCUT2D eigenvalue weighted by molar-refractivity contribution is -0.123. The van der Waals surface area contributed by atoms with Gasteiger partial charge in [-0.2, -0.15) is 5.26 Å². The number of carbonyl (C=O) groups excluding carboxylic acids is 2. The van der Waals surface area contributed by atoms with Crippen molar-refractivity contribution in [2.45, 2.75) is 6.54 Å². The summed E-state index contributed by atoms with van der Waals surface area (Å²) in [5.41, 5.74) is 1.98. The zero-order valence-corrected chi connectivity index (χ0v) is 16.5. The minimum atomic E-state index is -0.370. The van der Waals surface area contributed by atoms with Crippen LogP contribution in [0.2, 0.25) is 5.02 Å². The molecule has 3 aromatic rings. The highest BCUT2D eigenvalue weighted by atomic mass is 35.5. The number of thioether (sulfide) groups is 1. The SMILES string of the molecule is N#Cc1ccccc1-c1ccc(/C=C2/SC(=O)N(Cc3ccc(Cl)cc3)C2=O)o1. The van der Waals surface area contributed by atoms with Gasteiger partial charge in [0.1, 0.15) is 11.5 Å². The summed E-state index contributed by atoms with van der Waals surface area (Å²) in [4.78, 5) is 26.5. The predicted molar refractivity (Wildman–Crippen MR) is 112 cm³/mol. The predicted octanol–water partition coefficient (Wildman–Crippen LogP) is 5.71. The molecule has 0 N–H and O–H groups in total. The molecule has 1 fully saturated rings. The molecule has 0 radical (unpaired) electrons. The van der Waals surface area contributed by atoms with Gasteiger partial charge < -0.3 is 4.42 Å². The Bertz CT molecular complexity index is 1180. The Labute approximate surface area is 176 Å². The first-order chi connectivity index (χ1) is 14.0. The molecule has 0 unspecified atom stereocenters. The Morgan fingerprint density at radius 1 is 1.07 bits per heavy atom. The number of carbonyl (C=O) groups is 2. The molecule has 1 aromatic heterocycles. The first-order valence-corrected chi connectivity index (χ1v) is 9.84. The van der Waals surface area contributed by atoms with Gasteiger partial charge >= 0.3 is 0 Å². The Balaban J connectivity index is 1.56. The fourth-order valence-corrected chi connectivity index (χ4v) is 3.85. The van der Waals surface area contributed by atoms with E-state index in [1.54, 1.807) is 60.7 Å². The molecular weight excluding hydrogens is 408 g/mol. The standard InChI is InChI=1S/C22H13ClN2O3S/c23-16-7-5-14(6-8-16)13-25-21(26)20(29-22(25)27)11-17-9-10-19(28-17)18-4-2-1-3-15(18)12-24/h1-11H,13H2/b20-11+. The Morgan fingerprint density at radius 2 is 1.83 bits per heavy atom. The lowest BCUT2D eigenvalue weighted by Crippen LogP contribution is -2.27. The van der Waals surface area contributed by atoms with E-state index < -0.39 is 0 Å². The van der Waals surface area contributed by atoms with E-state index in [1.807, 2.05) is 6.07 Å². The van der Waals surface area contributed by atoms with Crippen molar-refractivity contribution in [1.82, 2.24) is 4.90 Å². The number of amides is 2. The maximum atomic E-state index is 12.7. The van der Waals surface area contributed by atoms with Gasteiger partial charge in [0.15, 0.2) is 0 Å². The van der Waals surface area contributed by atoms with Crippen molar-refractivity contribution in [2.24, 2.45) is 0 Å². The third-order valence-corrected chi connectivity index (χ3v) is 5.50. The molecule has 4 rings (SSSR count). The molecule has 2 aromatic carbocycles. The van der Waals surface area contributed by atoms with Gasteiger partial charge in [0.25, 0.3) is 11.1 Å². The number of hydrogen-bond donors (Lipinski definition) is 0. The van der Waals surface area contributed by atoms with Crippen LogP contribution < -0.4 is 0 Å². The molecule has 1 saturated heterocycles. The summed E-state index contributed by atoms with van der Waals surface area (Å²) in [6, 6.07) is 19.7. The number of benzene rings is 2. The number of hydrogen-bond acceptors (Lipinski definition) is 5. The third kappa shape index (κ3) is 3.97. The fraction of sp³-hybridized carbons (Fsp3) is 0.0455. The molecule has 29 heavy (non-hydrogen) atoms. The van der Waals surface area contributed by atoms with Crippen LogP contribution in [0.1, 0.15) is 16.9 Å². The van der Waals surface area contributed by atoms with Crippen LogP contribution in [-0.4, -0.2) is 16.0 Å². The monoisotopic (exact) mass is 420 g/mol. The van der Waals surface area contributed by atoms with Crippen molar-refractivity contribution in [3.8, 4) is 17.4 Å². The highest BCUT2D eigenvalue weighted by Gasteiger charge is 2.35. The van der Waals surface area contributed by atoms with Crippen LogP contribution in [0, 0.1) is 11.3 Å². The average Bonchev–Trinajstić information content (AvgIpc) is 3.30. The molecule has 0 atom stereocenters. The highest BCUT2D eigenvalue weighted by molar-refractivity contribution is 8.18. The maximum Gasteiger partial charge on any atom is 0.293 e. The van der Waals surface area contributed by atoms with Crippen LogP contribution in [-0.2, 0) is 11.3 Å². The van der Waals surface area contributed by atoms with E-state index in [0.29, 0.717) is 32.6 Å². The average molecular weight is 421 g/mol. The maximum absolute atomic E-state index is 12.7. The zero-order chi connectivity index (χ0) is 20.4. The van der Waals surface area contributed by atoms with Gasteiger partial charge in [-0.1, -0.05) is 35.9 Å². The van der Waals surface area contributed by atoms with Crippen molar-refractivity contribution in [2.75, 3.05) is 0 Å². The van der Waals surface area contributed by atoms with Crippen LogP contribution in [0.3, 0.4) is 0 Å². The largest absolute Gasteiger partial charge is 0.457 e. The van der Waals surface area contributed by atoms with E-state index in [0.717, 1.165) is 17.3 Å². The van der Waals surface area contributed by atoms with Gasteiger partial charge in [0.05, 0.1) is 23.1 Å². The van der Waals surface area contributed by atoms with Crippen molar-refractivity contribution in [3.05, 3.63) is 87.5 Å². The van der Waals surface area contributed by atoms with Gasteiger partial charge in [-0.15, -0.1) is 0 Å². The number of imide groups is 1. The lowest BCUT2D eigenvalue weighted by Gasteiger charge is -2.12. The summed E-state index contributed by atoms with van der Waals surface area (Å²) >= 11 is 6.75. The van der Waals surface area contributed by atoms with E-state index in [1.165, 1.54) is 4.90 Å². The van der Waals surface area contributed by atoms with Gasteiger partial charge in [-0.25, -0.2) is 0 Å². The van der Waals surface area contributed by atoms with Crippen molar-refractivity contribution in [1.29, 1.82) is 5.26 Å². The van der Waals surface area contributed by atoms with Crippen LogP contribution in [0.5, 0.6) is 0 Å². The van der Waals surface area contributed by atoms with Crippen LogP contribution in [0.25, 0.3) is 17.4 Å². The number of nitriles is 1. The summed E-state index contributed by atoms with van der Waals surface area (Å²) in [6.45, 7) is 0.179. The van der Waals surface area contributed by atoms with E-state index >= 15 is 0 Å². The number of furan rings is 1. The summed E-state index contributed by atoms with van der Waals surface area (Å²) in [5, 5.41) is 9.50. The molecule has 5 nitrogen and oxygen atoms in total. The molecule has 2 heterocycles. The van der Waals surface area contributed by atoms with Gasteiger partial charge in [-0.05, 0) is 53.7 Å². The minimum absolute atomic E-state index is 0.179. The first kappa shape index (κ1) is 19.1. The number of nitrogens with zero attached hydrogens (tertiary/aromatic N) is 2. The molecule has 7 heteroatoms. The fourth-order valence-electron chi connectivity index (χ4n) is 2.91. The lowest BCUT2D eigenvalue weighted by atomic mass is 10.1.